The van der Waals surface area contributed by atoms with Gasteiger partial charge in [0.15, 0.2) is 0 Å². The predicted molar refractivity (Wildman–Crippen MR) is 66.0 cm³/mol. The van der Waals surface area contributed by atoms with Crippen molar-refractivity contribution in [2.45, 2.75) is 70.4 Å². The Bertz CT molecular complexity index is 195. The molecule has 0 aromatic rings. The van der Waals surface area contributed by atoms with Gasteiger partial charge in [0, 0.05) is 12.1 Å². The molecule has 0 aromatic heterocycles. The maximum atomic E-state index is 3.87. The molecule has 1 atom stereocenters. The van der Waals surface area contributed by atoms with E-state index in [1.807, 2.05) is 0 Å². The lowest BCUT2D eigenvalue weighted by Gasteiger charge is -2.32. The fourth-order valence-corrected chi connectivity index (χ4v) is 3.18. The Labute approximate surface area is 94.3 Å². The van der Waals surface area contributed by atoms with Gasteiger partial charge in [-0.3, -0.25) is 0 Å². The second kappa shape index (κ2) is 5.69. The Morgan fingerprint density at radius 3 is 2.40 bits per heavy atom. The first-order valence-electron chi connectivity index (χ1n) is 6.81. The normalized spacial score (nSPS) is 25.9. The van der Waals surface area contributed by atoms with Crippen LogP contribution in [-0.4, -0.2) is 12.1 Å². The Morgan fingerprint density at radius 2 is 1.80 bits per heavy atom. The molecule has 1 fully saturated rings. The van der Waals surface area contributed by atoms with Crippen LogP contribution < -0.4 is 5.32 Å². The van der Waals surface area contributed by atoms with E-state index in [0.717, 1.165) is 18.0 Å². The zero-order valence-corrected chi connectivity index (χ0v) is 10.0. The fourth-order valence-electron chi connectivity index (χ4n) is 3.18. The van der Waals surface area contributed by atoms with Gasteiger partial charge in [0.25, 0.3) is 0 Å². The fraction of sp³-hybridized carbons (Fsp3) is 0.857. The zero-order chi connectivity index (χ0) is 10.5. The second-order valence-electron chi connectivity index (χ2n) is 5.22. The summed E-state index contributed by atoms with van der Waals surface area (Å²) in [6.45, 7) is 2.34. The zero-order valence-electron chi connectivity index (χ0n) is 10.0. The van der Waals surface area contributed by atoms with Crippen LogP contribution in [0.4, 0.5) is 0 Å². The van der Waals surface area contributed by atoms with Gasteiger partial charge >= 0.3 is 0 Å². The Kier molecular flexibility index (Phi) is 4.25. The van der Waals surface area contributed by atoms with Crippen LogP contribution in [0.5, 0.6) is 0 Å². The summed E-state index contributed by atoms with van der Waals surface area (Å²) in [5.74, 6) is 0.962. The van der Waals surface area contributed by atoms with Gasteiger partial charge in [-0.2, -0.15) is 0 Å². The van der Waals surface area contributed by atoms with Gasteiger partial charge in [0.2, 0.25) is 0 Å². The highest BCUT2D eigenvalue weighted by molar-refractivity contribution is 4.99. The van der Waals surface area contributed by atoms with Crippen molar-refractivity contribution in [3.8, 4) is 0 Å². The first-order chi connectivity index (χ1) is 7.40. The van der Waals surface area contributed by atoms with Gasteiger partial charge < -0.3 is 5.32 Å². The van der Waals surface area contributed by atoms with Crippen LogP contribution in [0.15, 0.2) is 12.2 Å². The topological polar surface area (TPSA) is 12.0 Å². The van der Waals surface area contributed by atoms with Crippen LogP contribution in [0.3, 0.4) is 0 Å². The maximum Gasteiger partial charge on any atom is 0.0139 e. The van der Waals surface area contributed by atoms with E-state index in [0.29, 0.717) is 0 Å². The number of rotatable bonds is 4. The van der Waals surface area contributed by atoms with E-state index in [-0.39, 0.29) is 0 Å². The van der Waals surface area contributed by atoms with Crippen LogP contribution in [0.2, 0.25) is 0 Å². The highest BCUT2D eigenvalue weighted by Crippen LogP contribution is 2.28. The second-order valence-corrected chi connectivity index (χ2v) is 5.22. The van der Waals surface area contributed by atoms with E-state index in [1.165, 1.54) is 51.4 Å². The van der Waals surface area contributed by atoms with Crippen LogP contribution in [0.25, 0.3) is 0 Å². The average molecular weight is 207 g/mol. The molecule has 1 saturated carbocycles. The van der Waals surface area contributed by atoms with Crippen molar-refractivity contribution >= 4 is 0 Å². The highest BCUT2D eigenvalue weighted by atomic mass is 15.0. The lowest BCUT2D eigenvalue weighted by atomic mass is 9.82. The number of hydrogen-bond donors (Lipinski definition) is 1. The molecule has 0 bridgehead atoms. The summed E-state index contributed by atoms with van der Waals surface area (Å²) in [4.78, 5) is 0. The van der Waals surface area contributed by atoms with Crippen molar-refractivity contribution in [2.24, 2.45) is 5.92 Å². The highest BCUT2D eigenvalue weighted by Gasteiger charge is 2.24. The van der Waals surface area contributed by atoms with E-state index < -0.39 is 0 Å². The van der Waals surface area contributed by atoms with Crippen LogP contribution in [-0.2, 0) is 0 Å². The van der Waals surface area contributed by atoms with Gasteiger partial charge in [-0.15, -0.1) is 0 Å². The van der Waals surface area contributed by atoms with E-state index >= 15 is 0 Å². The molecule has 0 saturated heterocycles. The molecule has 2 aliphatic rings. The van der Waals surface area contributed by atoms with Crippen molar-refractivity contribution in [1.29, 1.82) is 0 Å². The molecule has 0 aromatic carbocycles. The standard InChI is InChI=1S/C14H25N/c1-2-14(12-8-4-3-5-9-12)15-13-10-6-7-11-13/h6-7,12-15H,2-5,8-11H2,1H3. The van der Waals surface area contributed by atoms with Gasteiger partial charge in [0.1, 0.15) is 0 Å². The Hall–Kier alpha value is -0.300. The lowest BCUT2D eigenvalue weighted by molar-refractivity contribution is 0.247. The van der Waals surface area contributed by atoms with Crippen LogP contribution >= 0.6 is 0 Å². The van der Waals surface area contributed by atoms with Gasteiger partial charge in [-0.25, -0.2) is 0 Å². The van der Waals surface area contributed by atoms with E-state index in [4.69, 9.17) is 0 Å². The summed E-state index contributed by atoms with van der Waals surface area (Å²) in [6, 6.07) is 1.53. The molecule has 0 heterocycles. The maximum absolute atomic E-state index is 3.87. The van der Waals surface area contributed by atoms with Crippen molar-refractivity contribution in [3.63, 3.8) is 0 Å². The smallest absolute Gasteiger partial charge is 0.0139 e. The summed E-state index contributed by atoms with van der Waals surface area (Å²) in [6.07, 6.45) is 15.8. The molecule has 1 nitrogen and oxygen atoms in total. The molecule has 0 amide bonds. The third kappa shape index (κ3) is 3.07. The first-order valence-corrected chi connectivity index (χ1v) is 6.81. The number of hydrogen-bond acceptors (Lipinski definition) is 1. The molecular formula is C14H25N. The lowest BCUT2D eigenvalue weighted by Crippen LogP contribution is -2.42. The van der Waals surface area contributed by atoms with Crippen molar-refractivity contribution in [1.82, 2.24) is 5.32 Å². The summed E-state index contributed by atoms with van der Waals surface area (Å²) in [5.41, 5.74) is 0. The van der Waals surface area contributed by atoms with E-state index in [1.54, 1.807) is 0 Å². The molecule has 2 rings (SSSR count). The molecule has 15 heavy (non-hydrogen) atoms. The summed E-state index contributed by atoms with van der Waals surface area (Å²) >= 11 is 0. The molecule has 2 aliphatic carbocycles. The van der Waals surface area contributed by atoms with Crippen LogP contribution in [0, 0.1) is 5.92 Å². The minimum atomic E-state index is 0.747. The third-order valence-electron chi connectivity index (χ3n) is 4.12. The summed E-state index contributed by atoms with van der Waals surface area (Å²) < 4.78 is 0. The number of nitrogens with one attached hydrogen (secondary N) is 1. The Balaban J connectivity index is 1.79. The van der Waals surface area contributed by atoms with Gasteiger partial charge in [0.05, 0.1) is 0 Å². The van der Waals surface area contributed by atoms with Gasteiger partial charge in [-0.1, -0.05) is 38.3 Å². The molecule has 1 unspecified atom stereocenters. The SMILES string of the molecule is CCC(NC1CC=CC1)C1CCCCC1. The van der Waals surface area contributed by atoms with E-state index in [2.05, 4.69) is 24.4 Å². The Morgan fingerprint density at radius 1 is 1.13 bits per heavy atom. The molecule has 0 aliphatic heterocycles. The van der Waals surface area contributed by atoms with Crippen molar-refractivity contribution < 1.29 is 0 Å². The molecule has 0 spiro atoms. The minimum absolute atomic E-state index is 0.747. The summed E-state index contributed by atoms with van der Waals surface area (Å²) in [5, 5.41) is 3.87. The molecular weight excluding hydrogens is 182 g/mol. The summed E-state index contributed by atoms with van der Waals surface area (Å²) in [7, 11) is 0. The first kappa shape index (κ1) is 11.2. The molecule has 1 heteroatoms. The minimum Gasteiger partial charge on any atom is -0.310 e. The van der Waals surface area contributed by atoms with E-state index in [9.17, 15) is 0 Å². The van der Waals surface area contributed by atoms with Crippen molar-refractivity contribution in [2.75, 3.05) is 0 Å². The monoisotopic (exact) mass is 207 g/mol. The largest absolute Gasteiger partial charge is 0.310 e. The predicted octanol–water partition coefficient (Wildman–Crippen LogP) is 3.65. The third-order valence-corrected chi connectivity index (χ3v) is 4.12. The molecule has 0 radical (unpaired) electrons. The quantitative estimate of drug-likeness (QED) is 0.694. The average Bonchev–Trinajstić information content (AvgIpc) is 2.80. The van der Waals surface area contributed by atoms with Gasteiger partial charge in [-0.05, 0) is 38.0 Å². The van der Waals surface area contributed by atoms with Crippen LogP contribution in [0.1, 0.15) is 58.3 Å². The molecule has 1 N–H and O–H groups in total. The molecule has 86 valence electrons. The van der Waals surface area contributed by atoms with Crippen molar-refractivity contribution in [3.05, 3.63) is 12.2 Å².